The molecule has 0 radical (unpaired) electrons. The molecule has 1 aromatic heterocycles. The van der Waals surface area contributed by atoms with E-state index in [1.165, 1.54) is 45.3 Å². The average molecular weight is 250 g/mol. The maximum atomic E-state index is 5.43. The molecule has 2 aromatic carbocycles. The van der Waals surface area contributed by atoms with E-state index >= 15 is 0 Å². The summed E-state index contributed by atoms with van der Waals surface area (Å²) >= 11 is 0. The van der Waals surface area contributed by atoms with Gasteiger partial charge in [0.2, 0.25) is 0 Å². The third-order valence-electron chi connectivity index (χ3n) is 4.15. The number of benzene rings is 2. The van der Waals surface area contributed by atoms with Crippen LogP contribution in [0.2, 0.25) is 0 Å². The summed E-state index contributed by atoms with van der Waals surface area (Å²) in [6.45, 7) is 6.42. The Morgan fingerprint density at radius 1 is 1.05 bits per heavy atom. The van der Waals surface area contributed by atoms with E-state index in [9.17, 15) is 0 Å². The van der Waals surface area contributed by atoms with Crippen molar-refractivity contribution >= 4 is 33.1 Å². The first-order valence-electron chi connectivity index (χ1n) is 6.40. The van der Waals surface area contributed by atoms with Crippen molar-refractivity contribution in [1.29, 1.82) is 0 Å². The second-order valence-corrected chi connectivity index (χ2v) is 5.19. The molecule has 3 aromatic rings. The molecular formula is C16H14N2O. The molecule has 3 nitrogen and oxygen atoms in total. The fourth-order valence-electron chi connectivity index (χ4n) is 2.85. The Balaban J connectivity index is 2.24. The summed E-state index contributed by atoms with van der Waals surface area (Å²) in [4.78, 5) is 4.25. The first kappa shape index (κ1) is 10.6. The van der Waals surface area contributed by atoms with E-state index in [0.29, 0.717) is 0 Å². The van der Waals surface area contributed by atoms with Gasteiger partial charge in [-0.25, -0.2) is 4.98 Å². The molecule has 0 spiro atoms. The molecule has 0 fully saturated rings. The lowest BCUT2D eigenvalue weighted by Gasteiger charge is -2.23. The molecule has 0 unspecified atom stereocenters. The Morgan fingerprint density at radius 2 is 1.89 bits per heavy atom. The Labute approximate surface area is 110 Å². The lowest BCUT2D eigenvalue weighted by molar-refractivity contribution is 0.602. The van der Waals surface area contributed by atoms with Gasteiger partial charge in [-0.15, -0.1) is 0 Å². The van der Waals surface area contributed by atoms with Gasteiger partial charge in [0, 0.05) is 11.4 Å². The lowest BCUT2D eigenvalue weighted by Crippen LogP contribution is -2.07. The van der Waals surface area contributed by atoms with E-state index < -0.39 is 0 Å². The number of nitrogens with zero attached hydrogens (tertiary/aromatic N) is 1. The van der Waals surface area contributed by atoms with E-state index in [0.717, 1.165) is 11.1 Å². The van der Waals surface area contributed by atoms with Crippen molar-refractivity contribution in [3.05, 3.63) is 41.4 Å². The molecule has 1 N–H and O–H groups in total. The number of aryl methyl sites for hydroxylation is 1. The van der Waals surface area contributed by atoms with Gasteiger partial charge in [-0.1, -0.05) is 0 Å². The van der Waals surface area contributed by atoms with E-state index in [1.54, 1.807) is 0 Å². The topological polar surface area (TPSA) is 38.1 Å². The molecule has 0 saturated heterocycles. The van der Waals surface area contributed by atoms with Crippen LogP contribution in [-0.2, 0) is 0 Å². The molecule has 2 heterocycles. The number of anilines is 1. The quantitative estimate of drug-likeness (QED) is 0.640. The summed E-state index contributed by atoms with van der Waals surface area (Å²) in [5, 5.41) is 5.95. The highest BCUT2D eigenvalue weighted by Gasteiger charge is 2.17. The number of fused-ring (bicyclic) bond motifs is 5. The number of allylic oxidation sites excluding steroid dienone is 2. The van der Waals surface area contributed by atoms with Gasteiger partial charge in [-0.3, -0.25) is 0 Å². The summed E-state index contributed by atoms with van der Waals surface area (Å²) in [5.74, 6) is 0. The predicted octanol–water partition coefficient (Wildman–Crippen LogP) is 4.47. The second-order valence-electron chi connectivity index (χ2n) is 5.19. The zero-order chi connectivity index (χ0) is 13.1. The van der Waals surface area contributed by atoms with Crippen LogP contribution < -0.4 is 5.32 Å². The number of nitrogens with one attached hydrogen (secondary N) is 1. The fourth-order valence-corrected chi connectivity index (χ4v) is 2.85. The van der Waals surface area contributed by atoms with Crippen LogP contribution in [-0.4, -0.2) is 4.98 Å². The van der Waals surface area contributed by atoms with Crippen molar-refractivity contribution < 1.29 is 4.42 Å². The van der Waals surface area contributed by atoms with E-state index in [4.69, 9.17) is 4.42 Å². The first-order valence-corrected chi connectivity index (χ1v) is 6.40. The highest BCUT2D eigenvalue weighted by atomic mass is 16.3. The van der Waals surface area contributed by atoms with Crippen LogP contribution in [0, 0.1) is 6.92 Å². The third-order valence-corrected chi connectivity index (χ3v) is 4.15. The van der Waals surface area contributed by atoms with Crippen molar-refractivity contribution in [2.45, 2.75) is 20.8 Å². The minimum absolute atomic E-state index is 0.847. The van der Waals surface area contributed by atoms with Gasteiger partial charge in [-0.2, -0.15) is 0 Å². The van der Waals surface area contributed by atoms with E-state index in [1.807, 2.05) is 0 Å². The van der Waals surface area contributed by atoms with Crippen LogP contribution in [0.1, 0.15) is 25.0 Å². The molecule has 4 rings (SSSR count). The van der Waals surface area contributed by atoms with Gasteiger partial charge in [-0.05, 0) is 66.4 Å². The molecular weight excluding hydrogens is 236 g/mol. The molecule has 1 aliphatic heterocycles. The molecule has 0 atom stereocenters. The van der Waals surface area contributed by atoms with Crippen LogP contribution >= 0.6 is 0 Å². The Hall–Kier alpha value is -2.29. The van der Waals surface area contributed by atoms with Gasteiger partial charge >= 0.3 is 0 Å². The average Bonchev–Trinajstić information content (AvgIpc) is 2.86. The van der Waals surface area contributed by atoms with Crippen molar-refractivity contribution in [2.24, 2.45) is 0 Å². The van der Waals surface area contributed by atoms with Gasteiger partial charge < -0.3 is 9.73 Å². The number of aromatic nitrogens is 1. The normalized spacial score (nSPS) is 14.3. The van der Waals surface area contributed by atoms with Crippen molar-refractivity contribution in [3.63, 3.8) is 0 Å². The van der Waals surface area contributed by atoms with Gasteiger partial charge in [0.1, 0.15) is 5.52 Å². The zero-order valence-electron chi connectivity index (χ0n) is 11.2. The Morgan fingerprint density at radius 3 is 2.74 bits per heavy atom. The predicted molar refractivity (Wildman–Crippen MR) is 78.1 cm³/mol. The molecule has 0 amide bonds. The molecule has 94 valence electrons. The second kappa shape index (κ2) is 3.38. The summed E-state index contributed by atoms with van der Waals surface area (Å²) in [6.07, 6.45) is 1.51. The minimum atomic E-state index is 0.847. The third kappa shape index (κ3) is 1.30. The number of rotatable bonds is 0. The summed E-state index contributed by atoms with van der Waals surface area (Å²) in [7, 11) is 0. The van der Waals surface area contributed by atoms with Crippen LogP contribution in [0.25, 0.3) is 27.4 Å². The number of hydrogen-bond acceptors (Lipinski definition) is 3. The molecule has 3 heteroatoms. The van der Waals surface area contributed by atoms with Crippen LogP contribution in [0.3, 0.4) is 0 Å². The van der Waals surface area contributed by atoms with Crippen molar-refractivity contribution in [1.82, 2.24) is 4.98 Å². The summed E-state index contributed by atoms with van der Waals surface area (Å²) in [6, 6.07) is 6.44. The Kier molecular flexibility index (Phi) is 1.89. The smallest absolute Gasteiger partial charge is 0.181 e. The van der Waals surface area contributed by atoms with Gasteiger partial charge in [0.15, 0.2) is 12.0 Å². The Bertz CT molecular complexity index is 871. The van der Waals surface area contributed by atoms with Crippen LogP contribution in [0.4, 0.5) is 5.69 Å². The first-order chi connectivity index (χ1) is 9.15. The number of hydrogen-bond donors (Lipinski definition) is 1. The largest absolute Gasteiger partial charge is 0.443 e. The summed E-state index contributed by atoms with van der Waals surface area (Å²) < 4.78 is 5.43. The zero-order valence-corrected chi connectivity index (χ0v) is 11.2. The van der Waals surface area contributed by atoms with E-state index in [-0.39, 0.29) is 0 Å². The maximum Gasteiger partial charge on any atom is 0.181 e. The van der Waals surface area contributed by atoms with Crippen molar-refractivity contribution in [2.75, 3.05) is 5.32 Å². The molecule has 19 heavy (non-hydrogen) atoms. The molecule has 0 aliphatic carbocycles. The highest BCUT2D eigenvalue weighted by Crippen LogP contribution is 2.39. The van der Waals surface area contributed by atoms with Gasteiger partial charge in [0.25, 0.3) is 0 Å². The summed E-state index contributed by atoms with van der Waals surface area (Å²) in [5.41, 5.74) is 8.00. The molecule has 0 saturated carbocycles. The highest BCUT2D eigenvalue weighted by molar-refractivity contribution is 6.06. The SMILES string of the molecule is CC1=C(C)c2cc(c(C)c3cc4ncoc4cc23)N1. The standard InChI is InChI=1S/C16H14N2O/c1-8-10(3)18-14-4-11(8)13-6-16-15(17-7-19-16)5-12(13)9(14)2/h4-7,18H,1-3H3. The van der Waals surface area contributed by atoms with Crippen LogP contribution in [0.15, 0.2) is 34.7 Å². The minimum Gasteiger partial charge on any atom is -0.443 e. The fraction of sp³-hybridized carbons (Fsp3) is 0.188. The maximum absolute atomic E-state index is 5.43. The monoisotopic (exact) mass is 250 g/mol. The molecule has 2 bridgehead atoms. The molecule has 1 aliphatic rings. The van der Waals surface area contributed by atoms with Gasteiger partial charge in [0.05, 0.1) is 0 Å². The lowest BCUT2D eigenvalue weighted by atomic mass is 9.91. The van der Waals surface area contributed by atoms with Crippen LogP contribution in [0.5, 0.6) is 0 Å². The van der Waals surface area contributed by atoms with E-state index in [2.05, 4.69) is 49.3 Å². The van der Waals surface area contributed by atoms with Crippen molar-refractivity contribution in [3.8, 4) is 0 Å². The number of oxazole rings is 1.